The molecule has 0 atom stereocenters. The Morgan fingerprint density at radius 1 is 1.10 bits per heavy atom. The van der Waals surface area contributed by atoms with Crippen LogP contribution in [0, 0.1) is 5.82 Å². The summed E-state index contributed by atoms with van der Waals surface area (Å²) in [6, 6.07) is 6.95. The number of methoxy groups -OCH3 is 1. The summed E-state index contributed by atoms with van der Waals surface area (Å²) in [6.07, 6.45) is 0. The molecular formula is C18H21ClF3N3O4S. The Morgan fingerprint density at radius 3 is 2.43 bits per heavy atom. The second kappa shape index (κ2) is 10.1. The number of ether oxygens (including phenoxy) is 2. The average Bonchev–Trinajstić information content (AvgIpc) is 2.69. The van der Waals surface area contributed by atoms with Gasteiger partial charge in [-0.25, -0.2) is 12.8 Å². The molecule has 166 valence electrons. The molecule has 0 amide bonds. The highest BCUT2D eigenvalue weighted by molar-refractivity contribution is 7.92. The van der Waals surface area contributed by atoms with E-state index in [1.54, 1.807) is 0 Å². The Labute approximate surface area is 178 Å². The third-order valence-electron chi connectivity index (χ3n) is 4.32. The van der Waals surface area contributed by atoms with Gasteiger partial charge in [0.1, 0.15) is 11.6 Å². The van der Waals surface area contributed by atoms with E-state index in [1.165, 1.54) is 25.3 Å². The van der Waals surface area contributed by atoms with Crippen LogP contribution in [0.3, 0.4) is 0 Å². The van der Waals surface area contributed by atoms with Crippen molar-refractivity contribution in [3.63, 3.8) is 0 Å². The first-order chi connectivity index (χ1) is 13.8. The summed E-state index contributed by atoms with van der Waals surface area (Å²) < 4.78 is 76.0. The van der Waals surface area contributed by atoms with E-state index in [1.807, 2.05) is 4.90 Å². The minimum atomic E-state index is -4.17. The molecule has 0 spiro atoms. The zero-order valence-electron chi connectivity index (χ0n) is 15.9. The second-order valence-corrected chi connectivity index (χ2v) is 7.88. The van der Waals surface area contributed by atoms with Crippen molar-refractivity contribution >= 4 is 33.8 Å². The van der Waals surface area contributed by atoms with Crippen LogP contribution in [-0.4, -0.2) is 48.3 Å². The summed E-state index contributed by atoms with van der Waals surface area (Å²) in [5.41, 5.74) is 0.297. The summed E-state index contributed by atoms with van der Waals surface area (Å²) in [6.45, 7) is -0.430. The van der Waals surface area contributed by atoms with E-state index in [0.717, 1.165) is 25.2 Å². The molecule has 1 fully saturated rings. The molecule has 3 rings (SSSR count). The van der Waals surface area contributed by atoms with E-state index in [9.17, 15) is 21.6 Å². The van der Waals surface area contributed by atoms with Crippen molar-refractivity contribution in [3.8, 4) is 11.5 Å². The molecule has 1 saturated heterocycles. The highest BCUT2D eigenvalue weighted by Gasteiger charge is 2.22. The third-order valence-corrected chi connectivity index (χ3v) is 5.69. The minimum Gasteiger partial charge on any atom is -0.495 e. The maximum Gasteiger partial charge on any atom is 0.387 e. The van der Waals surface area contributed by atoms with Gasteiger partial charge in [0.2, 0.25) is 0 Å². The van der Waals surface area contributed by atoms with E-state index < -0.39 is 28.2 Å². The Balaban J connectivity index is 0.00000320. The lowest BCUT2D eigenvalue weighted by Crippen LogP contribution is -2.43. The zero-order chi connectivity index (χ0) is 21.0. The Kier molecular flexibility index (Phi) is 8.04. The standard InChI is InChI=1S/C18H20F3N3O4S.ClH/c1-27-16-5-3-13(11-15(16)24-8-6-22-7-9-24)29(25,26)23-14-4-2-12(19)10-17(14)28-18(20)21;/h2-5,10-11,18,22-23H,6-9H2,1H3;1H. The fourth-order valence-electron chi connectivity index (χ4n) is 2.97. The fraction of sp³-hybridized carbons (Fsp3) is 0.333. The molecule has 0 unspecified atom stereocenters. The van der Waals surface area contributed by atoms with Crippen molar-refractivity contribution < 1.29 is 31.1 Å². The molecule has 1 aliphatic rings. The van der Waals surface area contributed by atoms with Crippen molar-refractivity contribution in [2.24, 2.45) is 0 Å². The van der Waals surface area contributed by atoms with Gasteiger partial charge in [-0.1, -0.05) is 0 Å². The minimum absolute atomic E-state index is 0. The van der Waals surface area contributed by atoms with Gasteiger partial charge in [-0.2, -0.15) is 8.78 Å². The molecule has 0 aromatic heterocycles. The molecule has 2 N–H and O–H groups in total. The van der Waals surface area contributed by atoms with Crippen molar-refractivity contribution in [2.45, 2.75) is 11.5 Å². The predicted octanol–water partition coefficient (Wildman–Crippen LogP) is 3.07. The molecule has 1 heterocycles. The van der Waals surface area contributed by atoms with Gasteiger partial charge in [0, 0.05) is 32.2 Å². The molecule has 0 radical (unpaired) electrons. The van der Waals surface area contributed by atoms with E-state index >= 15 is 0 Å². The first kappa shape index (κ1) is 23.9. The smallest absolute Gasteiger partial charge is 0.387 e. The van der Waals surface area contributed by atoms with Gasteiger partial charge in [-0.05, 0) is 30.3 Å². The SMILES string of the molecule is COc1ccc(S(=O)(=O)Nc2ccc(F)cc2OC(F)F)cc1N1CCNCC1.Cl. The number of halogens is 4. The van der Waals surface area contributed by atoms with Crippen LogP contribution < -0.4 is 24.4 Å². The van der Waals surface area contributed by atoms with Crippen LogP contribution in [0.1, 0.15) is 0 Å². The summed E-state index contributed by atoms with van der Waals surface area (Å²) in [7, 11) is -2.68. The van der Waals surface area contributed by atoms with Crippen LogP contribution in [0.4, 0.5) is 24.5 Å². The lowest BCUT2D eigenvalue weighted by Gasteiger charge is -2.30. The zero-order valence-corrected chi connectivity index (χ0v) is 17.5. The van der Waals surface area contributed by atoms with Gasteiger partial charge >= 0.3 is 6.61 Å². The third kappa shape index (κ3) is 5.61. The predicted molar refractivity (Wildman–Crippen MR) is 109 cm³/mol. The molecular weight excluding hydrogens is 447 g/mol. The van der Waals surface area contributed by atoms with Crippen LogP contribution in [0.15, 0.2) is 41.3 Å². The summed E-state index contributed by atoms with van der Waals surface area (Å²) in [5.74, 6) is -0.942. The first-order valence-corrected chi connectivity index (χ1v) is 10.2. The number of hydrogen-bond acceptors (Lipinski definition) is 6. The molecule has 1 aliphatic heterocycles. The number of hydrogen-bond donors (Lipinski definition) is 2. The van der Waals surface area contributed by atoms with Crippen molar-refractivity contribution in [2.75, 3.05) is 42.9 Å². The Morgan fingerprint density at radius 2 is 1.80 bits per heavy atom. The van der Waals surface area contributed by atoms with Crippen molar-refractivity contribution in [1.82, 2.24) is 5.32 Å². The Hall–Kier alpha value is -2.37. The highest BCUT2D eigenvalue weighted by Crippen LogP contribution is 2.33. The molecule has 0 aliphatic carbocycles. The number of alkyl halides is 2. The van der Waals surface area contributed by atoms with Crippen LogP contribution in [0.2, 0.25) is 0 Å². The van der Waals surface area contributed by atoms with E-state index in [2.05, 4.69) is 14.8 Å². The monoisotopic (exact) mass is 467 g/mol. The molecule has 0 bridgehead atoms. The van der Waals surface area contributed by atoms with Crippen molar-refractivity contribution in [1.29, 1.82) is 0 Å². The molecule has 2 aromatic rings. The second-order valence-electron chi connectivity index (χ2n) is 6.20. The van der Waals surface area contributed by atoms with Crippen molar-refractivity contribution in [3.05, 3.63) is 42.2 Å². The van der Waals surface area contributed by atoms with E-state index in [-0.39, 0.29) is 23.0 Å². The number of sulfonamides is 1. The Bertz CT molecular complexity index is 973. The van der Waals surface area contributed by atoms with Crippen LogP contribution in [-0.2, 0) is 10.0 Å². The molecule has 30 heavy (non-hydrogen) atoms. The largest absolute Gasteiger partial charge is 0.495 e. The lowest BCUT2D eigenvalue weighted by atomic mass is 10.2. The van der Waals surface area contributed by atoms with Gasteiger partial charge in [0.15, 0.2) is 5.75 Å². The normalized spacial score (nSPS) is 14.2. The number of benzene rings is 2. The highest BCUT2D eigenvalue weighted by atomic mass is 35.5. The summed E-state index contributed by atoms with van der Waals surface area (Å²) in [5, 5.41) is 3.21. The first-order valence-electron chi connectivity index (χ1n) is 8.71. The van der Waals surface area contributed by atoms with Gasteiger partial charge in [0.25, 0.3) is 10.0 Å². The van der Waals surface area contributed by atoms with E-state index in [0.29, 0.717) is 30.6 Å². The fourth-order valence-corrected chi connectivity index (χ4v) is 4.06. The number of nitrogens with zero attached hydrogens (tertiary/aromatic N) is 1. The maximum absolute atomic E-state index is 13.4. The average molecular weight is 468 g/mol. The molecule has 12 heteroatoms. The number of rotatable bonds is 7. The number of piperazine rings is 1. The summed E-state index contributed by atoms with van der Waals surface area (Å²) in [4.78, 5) is 1.89. The lowest BCUT2D eigenvalue weighted by molar-refractivity contribution is -0.0494. The van der Waals surface area contributed by atoms with Gasteiger partial charge in [-0.15, -0.1) is 12.4 Å². The number of nitrogens with one attached hydrogen (secondary N) is 2. The molecule has 2 aromatic carbocycles. The molecule has 7 nitrogen and oxygen atoms in total. The summed E-state index contributed by atoms with van der Waals surface area (Å²) >= 11 is 0. The van der Waals surface area contributed by atoms with Gasteiger partial charge in [0.05, 0.1) is 23.4 Å². The number of anilines is 2. The quantitative estimate of drug-likeness (QED) is 0.651. The van der Waals surface area contributed by atoms with Crippen LogP contribution in [0.5, 0.6) is 11.5 Å². The van der Waals surface area contributed by atoms with Gasteiger partial charge in [-0.3, -0.25) is 4.72 Å². The van der Waals surface area contributed by atoms with E-state index in [4.69, 9.17) is 4.74 Å². The van der Waals surface area contributed by atoms with Crippen LogP contribution >= 0.6 is 12.4 Å². The maximum atomic E-state index is 13.4. The molecule has 0 saturated carbocycles. The van der Waals surface area contributed by atoms with Gasteiger partial charge < -0.3 is 19.7 Å². The topological polar surface area (TPSA) is 79.9 Å². The van der Waals surface area contributed by atoms with Crippen LogP contribution in [0.25, 0.3) is 0 Å².